The predicted molar refractivity (Wildman–Crippen MR) is 55.4 cm³/mol. The second kappa shape index (κ2) is 4.60. The molecule has 1 N–H and O–H groups in total. The van der Waals surface area contributed by atoms with Gasteiger partial charge in [0.1, 0.15) is 0 Å². The molecular formula is C11H21NO2. The van der Waals surface area contributed by atoms with Gasteiger partial charge in [-0.05, 0) is 32.1 Å². The largest absolute Gasteiger partial charge is 0.381 e. The summed E-state index contributed by atoms with van der Waals surface area (Å²) in [4.78, 5) is 0. The van der Waals surface area contributed by atoms with Gasteiger partial charge in [-0.15, -0.1) is 0 Å². The van der Waals surface area contributed by atoms with Crippen LogP contribution in [-0.4, -0.2) is 38.5 Å². The second-order valence-corrected chi connectivity index (χ2v) is 4.76. The standard InChI is InChI=1S/C11H21NO2/c1-11(4-2-5-14-11)9-12-7-10-3-6-13-8-10/h10,12H,2-9H2,1H3. The van der Waals surface area contributed by atoms with Gasteiger partial charge in [-0.2, -0.15) is 0 Å². The number of nitrogens with one attached hydrogen (secondary N) is 1. The summed E-state index contributed by atoms with van der Waals surface area (Å²) >= 11 is 0. The van der Waals surface area contributed by atoms with E-state index in [9.17, 15) is 0 Å². The third-order valence-electron chi connectivity index (χ3n) is 3.26. The molecule has 3 nitrogen and oxygen atoms in total. The van der Waals surface area contributed by atoms with Gasteiger partial charge in [0.15, 0.2) is 0 Å². The van der Waals surface area contributed by atoms with E-state index in [2.05, 4.69) is 12.2 Å². The van der Waals surface area contributed by atoms with Gasteiger partial charge in [0.05, 0.1) is 12.2 Å². The summed E-state index contributed by atoms with van der Waals surface area (Å²) < 4.78 is 11.0. The maximum Gasteiger partial charge on any atom is 0.0779 e. The van der Waals surface area contributed by atoms with E-state index in [-0.39, 0.29) is 5.60 Å². The summed E-state index contributed by atoms with van der Waals surface area (Å²) in [6.07, 6.45) is 3.62. The molecule has 0 bridgehead atoms. The van der Waals surface area contributed by atoms with Crippen LogP contribution < -0.4 is 5.32 Å². The normalized spacial score (nSPS) is 37.9. The Morgan fingerprint density at radius 3 is 3.00 bits per heavy atom. The van der Waals surface area contributed by atoms with E-state index in [4.69, 9.17) is 9.47 Å². The summed E-state index contributed by atoms with van der Waals surface area (Å²) in [5.41, 5.74) is 0.0967. The molecule has 2 saturated heterocycles. The van der Waals surface area contributed by atoms with E-state index >= 15 is 0 Å². The summed E-state index contributed by atoms with van der Waals surface area (Å²) in [5, 5.41) is 3.50. The van der Waals surface area contributed by atoms with Gasteiger partial charge in [-0.3, -0.25) is 0 Å². The zero-order chi connectivity index (χ0) is 9.86. The van der Waals surface area contributed by atoms with Gasteiger partial charge in [0, 0.05) is 26.3 Å². The molecule has 2 aliphatic rings. The van der Waals surface area contributed by atoms with Crippen molar-refractivity contribution in [3.8, 4) is 0 Å². The lowest BCUT2D eigenvalue weighted by Crippen LogP contribution is -2.39. The van der Waals surface area contributed by atoms with Crippen molar-refractivity contribution in [2.24, 2.45) is 5.92 Å². The van der Waals surface area contributed by atoms with Crippen LogP contribution in [0.2, 0.25) is 0 Å². The van der Waals surface area contributed by atoms with Crippen LogP contribution in [0.1, 0.15) is 26.2 Å². The SMILES string of the molecule is CC1(CNCC2CCOC2)CCCO1. The fraction of sp³-hybridized carbons (Fsp3) is 1.00. The molecule has 2 atom stereocenters. The zero-order valence-corrected chi connectivity index (χ0v) is 9.05. The van der Waals surface area contributed by atoms with Crippen LogP contribution in [-0.2, 0) is 9.47 Å². The summed E-state index contributed by atoms with van der Waals surface area (Å²) in [6, 6.07) is 0. The van der Waals surface area contributed by atoms with E-state index in [1.165, 1.54) is 19.3 Å². The van der Waals surface area contributed by atoms with E-state index in [1.54, 1.807) is 0 Å². The first-order chi connectivity index (χ1) is 6.79. The van der Waals surface area contributed by atoms with Crippen molar-refractivity contribution >= 4 is 0 Å². The Kier molecular flexibility index (Phi) is 3.42. The van der Waals surface area contributed by atoms with Crippen LogP contribution in [0.3, 0.4) is 0 Å². The van der Waals surface area contributed by atoms with Crippen molar-refractivity contribution in [3.05, 3.63) is 0 Å². The smallest absolute Gasteiger partial charge is 0.0779 e. The summed E-state index contributed by atoms with van der Waals surface area (Å²) in [7, 11) is 0. The maximum absolute atomic E-state index is 5.71. The zero-order valence-electron chi connectivity index (χ0n) is 9.05. The first kappa shape index (κ1) is 10.4. The second-order valence-electron chi connectivity index (χ2n) is 4.76. The molecule has 0 amide bonds. The minimum Gasteiger partial charge on any atom is -0.381 e. The van der Waals surface area contributed by atoms with Crippen molar-refractivity contribution in [1.29, 1.82) is 0 Å². The van der Waals surface area contributed by atoms with Crippen LogP contribution in [0.15, 0.2) is 0 Å². The average molecular weight is 199 g/mol. The molecular weight excluding hydrogens is 178 g/mol. The minimum atomic E-state index is 0.0967. The molecule has 0 aromatic heterocycles. The van der Waals surface area contributed by atoms with Crippen LogP contribution >= 0.6 is 0 Å². The highest BCUT2D eigenvalue weighted by Gasteiger charge is 2.29. The molecule has 0 spiro atoms. The Labute approximate surface area is 86.2 Å². The predicted octanol–water partition coefficient (Wildman–Crippen LogP) is 1.18. The maximum atomic E-state index is 5.71. The first-order valence-corrected chi connectivity index (χ1v) is 5.71. The van der Waals surface area contributed by atoms with Crippen molar-refractivity contribution < 1.29 is 9.47 Å². The lowest BCUT2D eigenvalue weighted by molar-refractivity contribution is 0.0202. The quantitative estimate of drug-likeness (QED) is 0.737. The third-order valence-corrected chi connectivity index (χ3v) is 3.26. The van der Waals surface area contributed by atoms with E-state index < -0.39 is 0 Å². The molecule has 2 aliphatic heterocycles. The van der Waals surface area contributed by atoms with Crippen LogP contribution in [0, 0.1) is 5.92 Å². The number of rotatable bonds is 4. The van der Waals surface area contributed by atoms with Crippen LogP contribution in [0.25, 0.3) is 0 Å². The number of ether oxygens (including phenoxy) is 2. The van der Waals surface area contributed by atoms with E-state index in [1.807, 2.05) is 0 Å². The lowest BCUT2D eigenvalue weighted by Gasteiger charge is -2.24. The molecule has 0 aliphatic carbocycles. The van der Waals surface area contributed by atoms with Gasteiger partial charge in [-0.1, -0.05) is 0 Å². The molecule has 2 unspecified atom stereocenters. The molecule has 2 rings (SSSR count). The van der Waals surface area contributed by atoms with Crippen LogP contribution in [0.4, 0.5) is 0 Å². The van der Waals surface area contributed by atoms with Gasteiger partial charge >= 0.3 is 0 Å². The minimum absolute atomic E-state index is 0.0967. The van der Waals surface area contributed by atoms with Gasteiger partial charge < -0.3 is 14.8 Å². The highest BCUT2D eigenvalue weighted by molar-refractivity contribution is 4.83. The molecule has 2 heterocycles. The Hall–Kier alpha value is -0.120. The monoisotopic (exact) mass is 199 g/mol. The first-order valence-electron chi connectivity index (χ1n) is 5.71. The van der Waals surface area contributed by atoms with Crippen molar-refractivity contribution in [1.82, 2.24) is 5.32 Å². The highest BCUT2D eigenvalue weighted by Crippen LogP contribution is 2.24. The molecule has 14 heavy (non-hydrogen) atoms. The molecule has 0 radical (unpaired) electrons. The molecule has 0 saturated carbocycles. The molecule has 82 valence electrons. The van der Waals surface area contributed by atoms with E-state index in [0.29, 0.717) is 0 Å². The lowest BCUT2D eigenvalue weighted by atomic mass is 10.0. The van der Waals surface area contributed by atoms with Crippen molar-refractivity contribution in [2.45, 2.75) is 31.8 Å². The Balaban J connectivity index is 1.61. The van der Waals surface area contributed by atoms with Crippen LogP contribution in [0.5, 0.6) is 0 Å². The van der Waals surface area contributed by atoms with Gasteiger partial charge in [0.2, 0.25) is 0 Å². The Morgan fingerprint density at radius 2 is 2.36 bits per heavy atom. The van der Waals surface area contributed by atoms with E-state index in [0.717, 1.165) is 38.8 Å². The Bertz CT molecular complexity index is 172. The number of hydrogen-bond acceptors (Lipinski definition) is 3. The molecule has 3 heteroatoms. The number of hydrogen-bond donors (Lipinski definition) is 1. The molecule has 2 fully saturated rings. The average Bonchev–Trinajstić information content (AvgIpc) is 2.77. The Morgan fingerprint density at radius 1 is 1.43 bits per heavy atom. The highest BCUT2D eigenvalue weighted by atomic mass is 16.5. The fourth-order valence-corrected chi connectivity index (χ4v) is 2.26. The summed E-state index contributed by atoms with van der Waals surface area (Å²) in [6.45, 7) is 7.09. The van der Waals surface area contributed by atoms with Gasteiger partial charge in [0.25, 0.3) is 0 Å². The molecule has 0 aromatic carbocycles. The summed E-state index contributed by atoms with van der Waals surface area (Å²) in [5.74, 6) is 0.722. The topological polar surface area (TPSA) is 30.5 Å². The third kappa shape index (κ3) is 2.69. The van der Waals surface area contributed by atoms with Crippen molar-refractivity contribution in [3.63, 3.8) is 0 Å². The molecule has 0 aromatic rings. The fourth-order valence-electron chi connectivity index (χ4n) is 2.26. The van der Waals surface area contributed by atoms with Gasteiger partial charge in [-0.25, -0.2) is 0 Å². The van der Waals surface area contributed by atoms with Crippen molar-refractivity contribution in [2.75, 3.05) is 32.9 Å².